The van der Waals surface area contributed by atoms with Gasteiger partial charge in [-0.05, 0) is 64.0 Å². The Labute approximate surface area is 214 Å². The summed E-state index contributed by atoms with van der Waals surface area (Å²) in [6.45, 7) is 0. The SMILES string of the molecule is COc1ccc(Br)c(C(=O)N/C(=C\c2cccc([N+](=O)[O-])c2)C(=O)Nc2ccc(OC)c(Cl)c2)c1. The molecule has 2 N–H and O–H groups in total. The van der Waals surface area contributed by atoms with Crippen LogP contribution in [-0.4, -0.2) is 31.0 Å². The highest BCUT2D eigenvalue weighted by molar-refractivity contribution is 9.10. The minimum absolute atomic E-state index is 0.155. The Balaban J connectivity index is 1.97. The molecule has 0 aromatic heterocycles. The summed E-state index contributed by atoms with van der Waals surface area (Å²) in [6, 6.07) is 15.1. The molecule has 11 heteroatoms. The molecule has 0 atom stereocenters. The Morgan fingerprint density at radius 2 is 1.83 bits per heavy atom. The van der Waals surface area contributed by atoms with Crippen molar-refractivity contribution in [2.24, 2.45) is 0 Å². The molecule has 0 aliphatic heterocycles. The predicted molar refractivity (Wildman–Crippen MR) is 136 cm³/mol. The first-order valence-corrected chi connectivity index (χ1v) is 11.1. The monoisotopic (exact) mass is 559 g/mol. The number of nitro groups is 1. The van der Waals surface area contributed by atoms with Gasteiger partial charge in [-0.3, -0.25) is 19.7 Å². The number of carbonyl (C=O) groups excluding carboxylic acids is 2. The predicted octanol–water partition coefficient (Wildman–Crippen LogP) is 5.44. The largest absolute Gasteiger partial charge is 0.497 e. The molecule has 0 aliphatic carbocycles. The van der Waals surface area contributed by atoms with Crippen molar-refractivity contribution in [2.45, 2.75) is 0 Å². The van der Waals surface area contributed by atoms with Crippen LogP contribution in [0.1, 0.15) is 15.9 Å². The molecule has 3 aromatic rings. The fourth-order valence-electron chi connectivity index (χ4n) is 2.99. The van der Waals surface area contributed by atoms with E-state index in [0.717, 1.165) is 0 Å². The molecule has 0 saturated carbocycles. The molecule has 2 amide bonds. The van der Waals surface area contributed by atoms with Gasteiger partial charge in [-0.1, -0.05) is 23.7 Å². The van der Waals surface area contributed by atoms with Gasteiger partial charge in [0.15, 0.2) is 0 Å². The topological polar surface area (TPSA) is 120 Å². The van der Waals surface area contributed by atoms with Crippen molar-refractivity contribution in [3.05, 3.63) is 97.1 Å². The van der Waals surface area contributed by atoms with Gasteiger partial charge >= 0.3 is 0 Å². The molecule has 0 saturated heterocycles. The van der Waals surface area contributed by atoms with E-state index in [-0.39, 0.29) is 22.0 Å². The van der Waals surface area contributed by atoms with Crippen LogP contribution in [0, 0.1) is 10.1 Å². The number of rotatable bonds is 8. The highest BCUT2D eigenvalue weighted by Gasteiger charge is 2.18. The second kappa shape index (κ2) is 11.5. The van der Waals surface area contributed by atoms with Crippen LogP contribution in [0.3, 0.4) is 0 Å². The average molecular weight is 561 g/mol. The number of methoxy groups -OCH3 is 2. The number of non-ortho nitro benzene ring substituents is 1. The van der Waals surface area contributed by atoms with E-state index in [1.165, 1.54) is 50.6 Å². The molecular weight excluding hydrogens is 542 g/mol. The average Bonchev–Trinajstić information content (AvgIpc) is 2.84. The number of anilines is 1. The summed E-state index contributed by atoms with van der Waals surface area (Å²) in [6.07, 6.45) is 1.33. The maximum Gasteiger partial charge on any atom is 0.272 e. The van der Waals surface area contributed by atoms with Crippen LogP contribution in [0.2, 0.25) is 5.02 Å². The minimum atomic E-state index is -0.676. The van der Waals surface area contributed by atoms with Gasteiger partial charge < -0.3 is 20.1 Å². The number of carbonyl (C=O) groups is 2. The van der Waals surface area contributed by atoms with Crippen LogP contribution in [0.4, 0.5) is 11.4 Å². The molecule has 9 nitrogen and oxygen atoms in total. The first kappa shape index (κ1) is 25.7. The van der Waals surface area contributed by atoms with Crippen LogP contribution >= 0.6 is 27.5 Å². The van der Waals surface area contributed by atoms with Gasteiger partial charge in [0.05, 0.1) is 29.7 Å². The highest BCUT2D eigenvalue weighted by Crippen LogP contribution is 2.28. The molecule has 0 unspecified atom stereocenters. The maximum atomic E-state index is 13.1. The summed E-state index contributed by atoms with van der Waals surface area (Å²) in [4.78, 5) is 36.8. The smallest absolute Gasteiger partial charge is 0.272 e. The van der Waals surface area contributed by atoms with Crippen LogP contribution in [-0.2, 0) is 4.79 Å². The number of benzene rings is 3. The van der Waals surface area contributed by atoms with Crippen molar-refractivity contribution < 1.29 is 24.0 Å². The molecule has 0 heterocycles. The molecule has 180 valence electrons. The van der Waals surface area contributed by atoms with E-state index in [9.17, 15) is 19.7 Å². The number of hydrogen-bond donors (Lipinski definition) is 2. The van der Waals surface area contributed by atoms with Crippen LogP contribution in [0.5, 0.6) is 11.5 Å². The molecule has 0 aliphatic rings. The third-order valence-electron chi connectivity index (χ3n) is 4.71. The second-order valence-corrected chi connectivity index (χ2v) is 8.27. The standard InChI is InChI=1S/C24H19BrClN3O6/c1-34-17-7-8-19(25)18(13-17)23(30)28-21(11-14-4-3-5-16(10-14)29(32)33)24(31)27-15-6-9-22(35-2)20(26)12-15/h3-13H,1-2H3,(H,27,31)(H,28,30)/b21-11-. The van der Waals surface area contributed by atoms with Crippen LogP contribution < -0.4 is 20.1 Å². The molecule has 0 spiro atoms. The minimum Gasteiger partial charge on any atom is -0.497 e. The van der Waals surface area contributed by atoms with Crippen molar-refractivity contribution in [3.8, 4) is 11.5 Å². The van der Waals surface area contributed by atoms with Gasteiger partial charge in [-0.15, -0.1) is 0 Å². The number of hydrogen-bond acceptors (Lipinski definition) is 6. The van der Waals surface area contributed by atoms with Crippen molar-refractivity contribution in [1.29, 1.82) is 0 Å². The van der Waals surface area contributed by atoms with Gasteiger partial charge in [0.2, 0.25) is 0 Å². The molecule has 0 fully saturated rings. The van der Waals surface area contributed by atoms with Gasteiger partial charge in [0, 0.05) is 22.3 Å². The lowest BCUT2D eigenvalue weighted by atomic mass is 10.1. The lowest BCUT2D eigenvalue weighted by molar-refractivity contribution is -0.384. The maximum absolute atomic E-state index is 13.1. The summed E-state index contributed by atoms with van der Waals surface area (Å²) in [5, 5.41) is 16.7. The van der Waals surface area contributed by atoms with Crippen LogP contribution in [0.15, 0.2) is 70.8 Å². The summed E-state index contributed by atoms with van der Waals surface area (Å²) >= 11 is 9.46. The fraction of sp³-hybridized carbons (Fsp3) is 0.0833. The molecule has 35 heavy (non-hydrogen) atoms. The van der Waals surface area contributed by atoms with E-state index in [1.54, 1.807) is 30.3 Å². The van der Waals surface area contributed by atoms with E-state index in [4.69, 9.17) is 21.1 Å². The molecule has 3 aromatic carbocycles. The second-order valence-electron chi connectivity index (χ2n) is 7.01. The third kappa shape index (κ3) is 6.58. The Hall–Kier alpha value is -3.89. The number of ether oxygens (including phenoxy) is 2. The van der Waals surface area contributed by atoms with Crippen molar-refractivity contribution >= 4 is 56.8 Å². The summed E-state index contributed by atoms with van der Waals surface area (Å²) in [5.41, 5.74) is 0.582. The van der Waals surface area contributed by atoms with Gasteiger partial charge in [0.1, 0.15) is 17.2 Å². The highest BCUT2D eigenvalue weighted by atomic mass is 79.9. The van der Waals surface area contributed by atoms with Crippen molar-refractivity contribution in [3.63, 3.8) is 0 Å². The van der Waals surface area contributed by atoms with E-state index >= 15 is 0 Å². The normalized spacial score (nSPS) is 10.9. The first-order valence-electron chi connectivity index (χ1n) is 9.97. The summed E-state index contributed by atoms with van der Waals surface area (Å²) < 4.78 is 10.8. The Morgan fingerprint density at radius 3 is 2.49 bits per heavy atom. The molecule has 0 bridgehead atoms. The van der Waals surface area contributed by atoms with Crippen molar-refractivity contribution in [1.82, 2.24) is 5.32 Å². The number of nitrogens with one attached hydrogen (secondary N) is 2. The van der Waals surface area contributed by atoms with Gasteiger partial charge in [-0.2, -0.15) is 0 Å². The lowest BCUT2D eigenvalue weighted by Gasteiger charge is -2.13. The zero-order valence-corrected chi connectivity index (χ0v) is 20.8. The number of halogens is 2. The fourth-order valence-corrected chi connectivity index (χ4v) is 3.68. The summed E-state index contributed by atoms with van der Waals surface area (Å²) in [7, 11) is 2.93. The molecular formula is C24H19BrClN3O6. The van der Waals surface area contributed by atoms with E-state index in [2.05, 4.69) is 26.6 Å². The third-order valence-corrected chi connectivity index (χ3v) is 5.70. The number of nitro benzene ring substituents is 1. The Morgan fingerprint density at radius 1 is 1.06 bits per heavy atom. The van der Waals surface area contributed by atoms with E-state index in [1.807, 2.05) is 0 Å². The quantitative estimate of drug-likeness (QED) is 0.215. The number of amides is 2. The van der Waals surface area contributed by atoms with E-state index in [0.29, 0.717) is 27.2 Å². The zero-order valence-electron chi connectivity index (χ0n) is 18.5. The van der Waals surface area contributed by atoms with Crippen molar-refractivity contribution in [2.75, 3.05) is 19.5 Å². The Kier molecular flexibility index (Phi) is 8.45. The lowest BCUT2D eigenvalue weighted by Crippen LogP contribution is -2.31. The van der Waals surface area contributed by atoms with Gasteiger partial charge in [0.25, 0.3) is 17.5 Å². The number of nitrogens with zero attached hydrogens (tertiary/aromatic N) is 1. The van der Waals surface area contributed by atoms with Gasteiger partial charge in [-0.25, -0.2) is 0 Å². The molecule has 0 radical (unpaired) electrons. The van der Waals surface area contributed by atoms with Crippen LogP contribution in [0.25, 0.3) is 6.08 Å². The van der Waals surface area contributed by atoms with E-state index < -0.39 is 16.7 Å². The first-order chi connectivity index (χ1) is 16.7. The summed E-state index contributed by atoms with van der Waals surface area (Å²) in [5.74, 6) is -0.409. The zero-order chi connectivity index (χ0) is 25.5. The molecule has 3 rings (SSSR count). The Bertz CT molecular complexity index is 1330.